The summed E-state index contributed by atoms with van der Waals surface area (Å²) in [6.45, 7) is 9.77. The highest BCUT2D eigenvalue weighted by molar-refractivity contribution is 5.92. The second-order valence-electron chi connectivity index (χ2n) is 7.51. The summed E-state index contributed by atoms with van der Waals surface area (Å²) in [5.41, 5.74) is 0.443. The number of hydrogen-bond donors (Lipinski definition) is 2. The zero-order chi connectivity index (χ0) is 16.9. The van der Waals surface area contributed by atoms with E-state index in [9.17, 15) is 4.79 Å². The molecule has 134 valence electrons. The molecule has 2 fully saturated rings. The average molecular weight is 334 g/mol. The van der Waals surface area contributed by atoms with E-state index in [4.69, 9.17) is 0 Å². The second-order valence-corrected chi connectivity index (χ2v) is 7.51. The molecule has 3 rings (SSSR count). The summed E-state index contributed by atoms with van der Waals surface area (Å²) in [7, 11) is 0. The molecule has 0 atom stereocenters. The zero-order valence-corrected chi connectivity index (χ0v) is 14.9. The summed E-state index contributed by atoms with van der Waals surface area (Å²) < 4.78 is 1.86. The lowest BCUT2D eigenvalue weighted by atomic mass is 10.0. The second kappa shape index (κ2) is 8.07. The number of likely N-dealkylation sites (tertiary alicyclic amines) is 1. The first-order valence-corrected chi connectivity index (χ1v) is 9.27. The third-order valence-corrected chi connectivity index (χ3v) is 4.97. The van der Waals surface area contributed by atoms with Crippen LogP contribution in [-0.2, 0) is 0 Å². The van der Waals surface area contributed by atoms with Crippen molar-refractivity contribution >= 4 is 5.91 Å². The van der Waals surface area contributed by atoms with Gasteiger partial charge in [-0.15, -0.1) is 5.10 Å². The number of amides is 1. The van der Waals surface area contributed by atoms with Gasteiger partial charge in [0.25, 0.3) is 5.91 Å². The Morgan fingerprint density at radius 3 is 2.67 bits per heavy atom. The fraction of sp³-hybridized carbons (Fsp3) is 0.824. The van der Waals surface area contributed by atoms with Crippen LogP contribution in [0.1, 0.15) is 56.1 Å². The maximum absolute atomic E-state index is 12.4. The topological polar surface area (TPSA) is 75.1 Å². The molecule has 0 spiro atoms. The van der Waals surface area contributed by atoms with Gasteiger partial charge in [-0.05, 0) is 44.7 Å². The number of aromatic nitrogens is 3. The van der Waals surface area contributed by atoms with Crippen LogP contribution >= 0.6 is 0 Å². The van der Waals surface area contributed by atoms with Crippen molar-refractivity contribution < 1.29 is 4.79 Å². The first kappa shape index (κ1) is 17.4. The van der Waals surface area contributed by atoms with Crippen LogP contribution in [0.4, 0.5) is 0 Å². The molecule has 0 saturated carbocycles. The molecular formula is C17H30N6O. The number of nitrogens with zero attached hydrogens (tertiary/aromatic N) is 4. The van der Waals surface area contributed by atoms with E-state index in [2.05, 4.69) is 39.7 Å². The number of carbonyl (C=O) groups is 1. The van der Waals surface area contributed by atoms with Crippen molar-refractivity contribution in [2.24, 2.45) is 5.92 Å². The van der Waals surface area contributed by atoms with Crippen LogP contribution in [0.3, 0.4) is 0 Å². The molecule has 24 heavy (non-hydrogen) atoms. The molecule has 1 aromatic heterocycles. The largest absolute Gasteiger partial charge is 0.348 e. The highest BCUT2D eigenvalue weighted by Gasteiger charge is 2.23. The molecule has 0 radical (unpaired) electrons. The van der Waals surface area contributed by atoms with E-state index in [0.717, 1.165) is 58.4 Å². The number of rotatable bonds is 5. The lowest BCUT2D eigenvalue weighted by Crippen LogP contribution is -2.45. The van der Waals surface area contributed by atoms with Crippen molar-refractivity contribution in [3.05, 3.63) is 11.9 Å². The van der Waals surface area contributed by atoms with Crippen LogP contribution in [0, 0.1) is 5.92 Å². The van der Waals surface area contributed by atoms with E-state index >= 15 is 0 Å². The molecule has 2 aliphatic rings. The molecule has 2 N–H and O–H groups in total. The number of nitrogens with one attached hydrogen (secondary N) is 2. The Bertz CT molecular complexity index is 529. The summed E-state index contributed by atoms with van der Waals surface area (Å²) in [5, 5.41) is 14.7. The predicted molar refractivity (Wildman–Crippen MR) is 92.9 cm³/mol. The summed E-state index contributed by atoms with van der Waals surface area (Å²) in [6.07, 6.45) is 5.92. The molecule has 0 aromatic carbocycles. The summed E-state index contributed by atoms with van der Waals surface area (Å²) in [4.78, 5) is 14.9. The van der Waals surface area contributed by atoms with Crippen molar-refractivity contribution in [3.8, 4) is 0 Å². The highest BCUT2D eigenvalue weighted by atomic mass is 16.2. The van der Waals surface area contributed by atoms with Crippen LogP contribution in [-0.4, -0.2) is 64.6 Å². The van der Waals surface area contributed by atoms with Crippen LogP contribution in [0.15, 0.2) is 6.20 Å². The molecule has 7 nitrogen and oxygen atoms in total. The molecule has 0 aliphatic carbocycles. The summed E-state index contributed by atoms with van der Waals surface area (Å²) in [6, 6.07) is 0.615. The predicted octanol–water partition coefficient (Wildman–Crippen LogP) is 1.05. The quantitative estimate of drug-likeness (QED) is 0.842. The zero-order valence-electron chi connectivity index (χ0n) is 14.9. The monoisotopic (exact) mass is 334 g/mol. The minimum atomic E-state index is -0.0857. The molecular weight excluding hydrogens is 304 g/mol. The van der Waals surface area contributed by atoms with Crippen LogP contribution in [0.25, 0.3) is 0 Å². The van der Waals surface area contributed by atoms with Crippen LogP contribution in [0.5, 0.6) is 0 Å². The van der Waals surface area contributed by atoms with Gasteiger partial charge in [0.15, 0.2) is 5.69 Å². The standard InChI is InChI=1S/C17H30N6O/c1-13(2)11-22-9-5-14(6-10-22)19-17(24)16-12-23(21-20-16)15-3-7-18-8-4-15/h12-15,18H,3-11H2,1-2H3,(H,19,24). The molecule has 2 saturated heterocycles. The Balaban J connectivity index is 1.48. The first-order chi connectivity index (χ1) is 11.6. The Hall–Kier alpha value is -1.47. The van der Waals surface area contributed by atoms with Crippen molar-refractivity contribution in [3.63, 3.8) is 0 Å². The van der Waals surface area contributed by atoms with Gasteiger partial charge in [0, 0.05) is 25.7 Å². The molecule has 1 amide bonds. The lowest BCUT2D eigenvalue weighted by molar-refractivity contribution is 0.0902. The van der Waals surface area contributed by atoms with Gasteiger partial charge in [-0.1, -0.05) is 19.1 Å². The third kappa shape index (κ3) is 4.54. The minimum Gasteiger partial charge on any atom is -0.348 e. The Morgan fingerprint density at radius 2 is 2.00 bits per heavy atom. The van der Waals surface area contributed by atoms with E-state index in [1.54, 1.807) is 6.20 Å². The minimum absolute atomic E-state index is 0.0857. The Labute approximate surface area is 144 Å². The SMILES string of the molecule is CC(C)CN1CCC(NC(=O)c2cn(C3CCNCC3)nn2)CC1. The third-order valence-electron chi connectivity index (χ3n) is 4.97. The van der Waals surface area contributed by atoms with Gasteiger partial charge in [0.2, 0.25) is 0 Å². The summed E-state index contributed by atoms with van der Waals surface area (Å²) >= 11 is 0. The van der Waals surface area contributed by atoms with Crippen molar-refractivity contribution in [1.29, 1.82) is 0 Å². The Kier molecular flexibility index (Phi) is 5.84. The smallest absolute Gasteiger partial charge is 0.273 e. The summed E-state index contributed by atoms with van der Waals surface area (Å²) in [5.74, 6) is 0.610. The fourth-order valence-electron chi connectivity index (χ4n) is 3.67. The molecule has 0 bridgehead atoms. The molecule has 1 aromatic rings. The van der Waals surface area contributed by atoms with Gasteiger partial charge in [-0.25, -0.2) is 4.68 Å². The van der Waals surface area contributed by atoms with Gasteiger partial charge in [-0.2, -0.15) is 0 Å². The van der Waals surface area contributed by atoms with E-state index < -0.39 is 0 Å². The van der Waals surface area contributed by atoms with Crippen molar-refractivity contribution in [2.75, 3.05) is 32.7 Å². The van der Waals surface area contributed by atoms with Gasteiger partial charge >= 0.3 is 0 Å². The molecule has 3 heterocycles. The van der Waals surface area contributed by atoms with E-state index in [1.165, 1.54) is 0 Å². The van der Waals surface area contributed by atoms with Gasteiger partial charge in [0.05, 0.1) is 12.2 Å². The van der Waals surface area contributed by atoms with Gasteiger partial charge in [0.1, 0.15) is 0 Å². The average Bonchev–Trinajstić information content (AvgIpc) is 3.07. The number of hydrogen-bond acceptors (Lipinski definition) is 5. The van der Waals surface area contributed by atoms with E-state index in [1.807, 2.05) is 4.68 Å². The van der Waals surface area contributed by atoms with Gasteiger partial charge in [-0.3, -0.25) is 4.79 Å². The number of piperidine rings is 2. The molecule has 7 heteroatoms. The highest BCUT2D eigenvalue weighted by Crippen LogP contribution is 2.17. The maximum Gasteiger partial charge on any atom is 0.273 e. The Morgan fingerprint density at radius 1 is 1.29 bits per heavy atom. The lowest BCUT2D eigenvalue weighted by Gasteiger charge is -2.33. The fourth-order valence-corrected chi connectivity index (χ4v) is 3.67. The van der Waals surface area contributed by atoms with Crippen LogP contribution in [0.2, 0.25) is 0 Å². The molecule has 0 unspecified atom stereocenters. The van der Waals surface area contributed by atoms with Gasteiger partial charge < -0.3 is 15.5 Å². The normalized spacial score (nSPS) is 21.3. The van der Waals surface area contributed by atoms with Crippen molar-refractivity contribution in [2.45, 2.75) is 51.6 Å². The van der Waals surface area contributed by atoms with E-state index in [-0.39, 0.29) is 11.9 Å². The molecule has 2 aliphatic heterocycles. The number of carbonyl (C=O) groups excluding carboxylic acids is 1. The van der Waals surface area contributed by atoms with E-state index in [0.29, 0.717) is 17.7 Å². The van der Waals surface area contributed by atoms with Crippen molar-refractivity contribution in [1.82, 2.24) is 30.5 Å². The maximum atomic E-state index is 12.4. The van der Waals surface area contributed by atoms with Crippen LogP contribution < -0.4 is 10.6 Å². The first-order valence-electron chi connectivity index (χ1n) is 9.27.